The van der Waals surface area contributed by atoms with Gasteiger partial charge in [-0.05, 0) is 13.0 Å². The molecule has 0 amide bonds. The van der Waals surface area contributed by atoms with E-state index < -0.39 is 29.4 Å². The van der Waals surface area contributed by atoms with Crippen LogP contribution in [0.15, 0.2) is 6.07 Å². The van der Waals surface area contributed by atoms with Gasteiger partial charge in [-0.25, -0.2) is 0 Å². The maximum absolute atomic E-state index is 12.2. The van der Waals surface area contributed by atoms with Crippen molar-refractivity contribution in [3.8, 4) is 0 Å². The molecule has 0 aromatic carbocycles. The number of hydrogen-bond acceptors (Lipinski definition) is 4. The summed E-state index contributed by atoms with van der Waals surface area (Å²) >= 11 is 0. The zero-order valence-electron chi connectivity index (χ0n) is 9.15. The summed E-state index contributed by atoms with van der Waals surface area (Å²) < 4.78 is 63.1. The summed E-state index contributed by atoms with van der Waals surface area (Å²) in [4.78, 5) is 0. The van der Waals surface area contributed by atoms with E-state index in [0.29, 0.717) is 10.4 Å². The maximum atomic E-state index is 12.2. The lowest BCUT2D eigenvalue weighted by atomic mass is 10.4. The molecule has 17 heavy (non-hydrogen) atoms. The predicted molar refractivity (Wildman–Crippen MR) is 52.7 cm³/mol. The van der Waals surface area contributed by atoms with Crippen LogP contribution in [0.25, 0.3) is 0 Å². The molecule has 5 nitrogen and oxygen atoms in total. The van der Waals surface area contributed by atoms with Crippen molar-refractivity contribution in [2.24, 2.45) is 0 Å². The molecule has 1 aromatic heterocycles. The number of alkyl halides is 3. The average molecular weight is 272 g/mol. The van der Waals surface area contributed by atoms with Crippen LogP contribution in [0, 0.1) is 6.92 Å². The van der Waals surface area contributed by atoms with Crippen molar-refractivity contribution < 1.29 is 25.8 Å². The van der Waals surface area contributed by atoms with Gasteiger partial charge in [-0.1, -0.05) is 0 Å². The highest BCUT2D eigenvalue weighted by molar-refractivity contribution is 7.85. The van der Waals surface area contributed by atoms with Crippen LogP contribution in [-0.4, -0.2) is 30.6 Å². The van der Waals surface area contributed by atoms with Crippen LogP contribution in [0.2, 0.25) is 0 Å². The topological polar surface area (TPSA) is 61.2 Å². The molecule has 1 aromatic rings. The quantitative estimate of drug-likeness (QED) is 0.773. The minimum Gasteiger partial charge on any atom is -0.264 e. The van der Waals surface area contributed by atoms with Gasteiger partial charge in [-0.15, -0.1) is 0 Å². The van der Waals surface area contributed by atoms with Crippen molar-refractivity contribution in [2.75, 3.05) is 6.26 Å². The van der Waals surface area contributed by atoms with E-state index in [9.17, 15) is 21.6 Å². The SMILES string of the molecule is Cc1cc(COS(C)(=O)=O)n(CC(F)(F)F)n1. The summed E-state index contributed by atoms with van der Waals surface area (Å²) in [6.07, 6.45) is -3.59. The van der Waals surface area contributed by atoms with Gasteiger partial charge < -0.3 is 0 Å². The highest BCUT2D eigenvalue weighted by Crippen LogP contribution is 2.19. The van der Waals surface area contributed by atoms with E-state index in [1.54, 1.807) is 0 Å². The first-order chi connectivity index (χ1) is 7.57. The van der Waals surface area contributed by atoms with Crippen LogP contribution < -0.4 is 0 Å². The van der Waals surface area contributed by atoms with Crippen LogP contribution in [0.4, 0.5) is 13.2 Å². The Bertz CT molecular complexity index is 493. The van der Waals surface area contributed by atoms with Crippen molar-refractivity contribution in [3.63, 3.8) is 0 Å². The lowest BCUT2D eigenvalue weighted by Crippen LogP contribution is -2.21. The fourth-order valence-corrected chi connectivity index (χ4v) is 1.52. The van der Waals surface area contributed by atoms with E-state index >= 15 is 0 Å². The highest BCUT2D eigenvalue weighted by atomic mass is 32.2. The van der Waals surface area contributed by atoms with E-state index in [0.717, 1.165) is 6.26 Å². The van der Waals surface area contributed by atoms with Gasteiger partial charge in [0.1, 0.15) is 13.2 Å². The average Bonchev–Trinajstić information content (AvgIpc) is 2.38. The van der Waals surface area contributed by atoms with Gasteiger partial charge >= 0.3 is 6.18 Å². The second-order valence-electron chi connectivity index (χ2n) is 3.52. The number of nitrogens with zero attached hydrogens (tertiary/aromatic N) is 2. The first kappa shape index (κ1) is 14.0. The third kappa shape index (κ3) is 5.18. The summed E-state index contributed by atoms with van der Waals surface area (Å²) in [7, 11) is -3.70. The Kier molecular flexibility index (Phi) is 3.82. The van der Waals surface area contributed by atoms with E-state index in [2.05, 4.69) is 9.28 Å². The van der Waals surface area contributed by atoms with E-state index in [1.807, 2.05) is 0 Å². The molecule has 0 aliphatic rings. The van der Waals surface area contributed by atoms with E-state index in [4.69, 9.17) is 0 Å². The molecule has 1 heterocycles. The third-order valence-corrected chi connectivity index (χ3v) is 2.28. The number of aromatic nitrogens is 2. The minimum absolute atomic E-state index is 0.0604. The van der Waals surface area contributed by atoms with Crippen LogP contribution in [-0.2, 0) is 27.5 Å². The van der Waals surface area contributed by atoms with Gasteiger partial charge in [0.05, 0.1) is 17.6 Å². The Balaban J connectivity index is 2.85. The second-order valence-corrected chi connectivity index (χ2v) is 5.16. The molecule has 0 atom stereocenters. The first-order valence-corrected chi connectivity index (χ1v) is 6.33. The molecule has 0 N–H and O–H groups in total. The monoisotopic (exact) mass is 272 g/mol. The van der Waals surface area contributed by atoms with E-state index in [-0.39, 0.29) is 5.69 Å². The van der Waals surface area contributed by atoms with Gasteiger partial charge in [0.25, 0.3) is 10.1 Å². The molecule has 0 aliphatic carbocycles. The maximum Gasteiger partial charge on any atom is 0.408 e. The number of rotatable bonds is 4. The van der Waals surface area contributed by atoms with E-state index in [1.165, 1.54) is 13.0 Å². The zero-order chi connectivity index (χ0) is 13.3. The van der Waals surface area contributed by atoms with Gasteiger partial charge in [0.15, 0.2) is 0 Å². The molecule has 9 heteroatoms. The lowest BCUT2D eigenvalue weighted by molar-refractivity contribution is -0.143. The fraction of sp³-hybridized carbons (Fsp3) is 0.625. The number of aryl methyl sites for hydroxylation is 1. The van der Waals surface area contributed by atoms with Gasteiger partial charge in [-0.2, -0.15) is 26.7 Å². The number of halogens is 3. The third-order valence-electron chi connectivity index (χ3n) is 1.74. The largest absolute Gasteiger partial charge is 0.408 e. The summed E-state index contributed by atoms with van der Waals surface area (Å²) in [6, 6.07) is 1.34. The van der Waals surface area contributed by atoms with Crippen LogP contribution in [0.5, 0.6) is 0 Å². The predicted octanol–water partition coefficient (Wildman–Crippen LogP) is 1.23. The molecule has 98 valence electrons. The molecule has 0 saturated carbocycles. The zero-order valence-corrected chi connectivity index (χ0v) is 9.97. The minimum atomic E-state index is -4.42. The van der Waals surface area contributed by atoms with Crippen LogP contribution >= 0.6 is 0 Å². The molecule has 0 fully saturated rings. The summed E-state index contributed by atoms with van der Waals surface area (Å²) in [5, 5.41) is 3.62. The molecule has 0 bridgehead atoms. The van der Waals surface area contributed by atoms with Crippen LogP contribution in [0.3, 0.4) is 0 Å². The summed E-state index contributed by atoms with van der Waals surface area (Å²) in [5.41, 5.74) is 0.423. The van der Waals surface area contributed by atoms with Crippen LogP contribution in [0.1, 0.15) is 11.4 Å². The second kappa shape index (κ2) is 4.65. The Hall–Kier alpha value is -1.09. The molecule has 0 radical (unpaired) electrons. The highest BCUT2D eigenvalue weighted by Gasteiger charge is 2.29. The molecule has 0 unspecified atom stereocenters. The standard InChI is InChI=1S/C8H11F3N2O3S/c1-6-3-7(4-16-17(2,14)15)13(12-6)5-8(9,10)11/h3H,4-5H2,1-2H3. The summed E-state index contributed by atoms with van der Waals surface area (Å²) in [6.45, 7) is -0.226. The molecule has 1 rings (SSSR count). The molecule has 0 aliphatic heterocycles. The normalized spacial score (nSPS) is 13.0. The molecular formula is C8H11F3N2O3S. The summed E-state index contributed by atoms with van der Waals surface area (Å²) in [5.74, 6) is 0. The lowest BCUT2D eigenvalue weighted by Gasteiger charge is -2.09. The van der Waals surface area contributed by atoms with Crippen molar-refractivity contribution in [1.29, 1.82) is 0 Å². The Morgan fingerprint density at radius 3 is 2.53 bits per heavy atom. The Labute approximate surface area is 96.3 Å². The van der Waals surface area contributed by atoms with Crippen molar-refractivity contribution in [3.05, 3.63) is 17.5 Å². The molecule has 0 spiro atoms. The molecule has 0 saturated heterocycles. The fourth-order valence-electron chi connectivity index (χ4n) is 1.19. The molecular weight excluding hydrogens is 261 g/mol. The van der Waals surface area contributed by atoms with Gasteiger partial charge in [0, 0.05) is 0 Å². The smallest absolute Gasteiger partial charge is 0.264 e. The number of hydrogen-bond donors (Lipinski definition) is 0. The first-order valence-electron chi connectivity index (χ1n) is 4.51. The van der Waals surface area contributed by atoms with Crippen molar-refractivity contribution in [1.82, 2.24) is 9.78 Å². The Morgan fingerprint density at radius 2 is 2.06 bits per heavy atom. The van der Waals surface area contributed by atoms with Gasteiger partial charge in [0.2, 0.25) is 0 Å². The van der Waals surface area contributed by atoms with Crippen molar-refractivity contribution >= 4 is 10.1 Å². The van der Waals surface area contributed by atoms with Gasteiger partial charge in [-0.3, -0.25) is 8.86 Å². The van der Waals surface area contributed by atoms with Crippen molar-refractivity contribution in [2.45, 2.75) is 26.3 Å². The Morgan fingerprint density at radius 1 is 1.47 bits per heavy atom.